The van der Waals surface area contributed by atoms with Crippen molar-refractivity contribution in [2.75, 3.05) is 20.8 Å². The summed E-state index contributed by atoms with van der Waals surface area (Å²) in [6.07, 6.45) is 1.60. The van der Waals surface area contributed by atoms with Crippen LogP contribution in [0, 0.1) is 0 Å². The van der Waals surface area contributed by atoms with Gasteiger partial charge in [-0.05, 0) is 12.1 Å². The van der Waals surface area contributed by atoms with Crippen LogP contribution >= 0.6 is 0 Å². The van der Waals surface area contributed by atoms with Crippen LogP contribution in [0.2, 0.25) is 0 Å². The average molecular weight is 222 g/mol. The molecule has 4 heteroatoms. The van der Waals surface area contributed by atoms with Gasteiger partial charge in [-0.15, -0.1) is 0 Å². The lowest BCUT2D eigenvalue weighted by atomic mass is 10.2. The van der Waals surface area contributed by atoms with E-state index in [4.69, 9.17) is 9.47 Å². The molecule has 1 aromatic rings. The number of benzene rings is 1. The molecule has 0 fully saturated rings. The molecule has 0 aliphatic carbocycles. The van der Waals surface area contributed by atoms with Gasteiger partial charge in [0.25, 0.3) is 0 Å². The second kappa shape index (κ2) is 5.80. The summed E-state index contributed by atoms with van der Waals surface area (Å²) in [4.78, 5) is 11.4. The Hall–Kier alpha value is -1.97. The fourth-order valence-corrected chi connectivity index (χ4v) is 1.18. The first-order chi connectivity index (χ1) is 7.72. The molecular weight excluding hydrogens is 208 g/mol. The highest BCUT2D eigenvalue weighted by Gasteiger charge is 2.13. The molecule has 0 radical (unpaired) electrons. The second-order valence-corrected chi connectivity index (χ2v) is 2.95. The summed E-state index contributed by atoms with van der Waals surface area (Å²) in [5.41, 5.74) is 0.366. The lowest BCUT2D eigenvalue weighted by Gasteiger charge is -2.10. The first-order valence-corrected chi connectivity index (χ1v) is 4.73. The summed E-state index contributed by atoms with van der Waals surface area (Å²) in [7, 11) is 2.87. The summed E-state index contributed by atoms with van der Waals surface area (Å²) >= 11 is 0. The standard InChI is InChI=1S/C12H14O4/c1-4-7-16-11-8-9(14-2)5-6-10(11)12(13)15-3/h4-6,8H,1,7H2,2-3H3. The molecule has 0 N–H and O–H groups in total. The van der Waals surface area contributed by atoms with E-state index in [1.165, 1.54) is 7.11 Å². The summed E-state index contributed by atoms with van der Waals surface area (Å²) < 4.78 is 15.0. The lowest BCUT2D eigenvalue weighted by Crippen LogP contribution is -2.06. The Bertz CT molecular complexity index is 385. The zero-order valence-electron chi connectivity index (χ0n) is 9.36. The smallest absolute Gasteiger partial charge is 0.341 e. The SMILES string of the molecule is C=CCOc1cc(OC)ccc1C(=O)OC. The molecule has 0 saturated carbocycles. The zero-order valence-corrected chi connectivity index (χ0v) is 9.36. The van der Waals surface area contributed by atoms with E-state index in [2.05, 4.69) is 11.3 Å². The van der Waals surface area contributed by atoms with Crippen molar-refractivity contribution in [1.29, 1.82) is 0 Å². The van der Waals surface area contributed by atoms with E-state index in [1.807, 2.05) is 0 Å². The lowest BCUT2D eigenvalue weighted by molar-refractivity contribution is 0.0596. The molecule has 0 heterocycles. The Morgan fingerprint density at radius 1 is 1.44 bits per heavy atom. The van der Waals surface area contributed by atoms with Crippen molar-refractivity contribution in [3.05, 3.63) is 36.4 Å². The minimum absolute atomic E-state index is 0.317. The average Bonchev–Trinajstić information content (AvgIpc) is 2.34. The molecule has 0 aliphatic rings. The first-order valence-electron chi connectivity index (χ1n) is 4.73. The molecule has 0 aliphatic heterocycles. The molecule has 0 aromatic heterocycles. The van der Waals surface area contributed by atoms with Gasteiger partial charge in [0.15, 0.2) is 0 Å². The van der Waals surface area contributed by atoms with Gasteiger partial charge in [0.2, 0.25) is 0 Å². The Labute approximate surface area is 94.4 Å². The molecule has 0 unspecified atom stereocenters. The Morgan fingerprint density at radius 3 is 2.75 bits per heavy atom. The van der Waals surface area contributed by atoms with Gasteiger partial charge in [-0.2, -0.15) is 0 Å². The molecule has 0 saturated heterocycles. The predicted molar refractivity (Wildman–Crippen MR) is 60.0 cm³/mol. The quantitative estimate of drug-likeness (QED) is 0.565. The van der Waals surface area contributed by atoms with Crippen LogP contribution in [0.3, 0.4) is 0 Å². The minimum Gasteiger partial charge on any atom is -0.497 e. The Balaban J connectivity index is 3.05. The fourth-order valence-electron chi connectivity index (χ4n) is 1.18. The van der Waals surface area contributed by atoms with Crippen LogP contribution in [-0.4, -0.2) is 26.8 Å². The molecule has 0 spiro atoms. The third kappa shape index (κ3) is 2.76. The number of hydrogen-bond acceptors (Lipinski definition) is 4. The Morgan fingerprint density at radius 2 is 2.19 bits per heavy atom. The number of carbonyl (C=O) groups is 1. The van der Waals surface area contributed by atoms with Crippen molar-refractivity contribution >= 4 is 5.97 Å². The second-order valence-electron chi connectivity index (χ2n) is 2.95. The largest absolute Gasteiger partial charge is 0.497 e. The van der Waals surface area contributed by atoms with Crippen molar-refractivity contribution in [2.24, 2.45) is 0 Å². The van der Waals surface area contributed by atoms with Crippen molar-refractivity contribution in [3.63, 3.8) is 0 Å². The monoisotopic (exact) mass is 222 g/mol. The number of hydrogen-bond donors (Lipinski definition) is 0. The minimum atomic E-state index is -0.443. The van der Waals surface area contributed by atoms with Gasteiger partial charge in [0.05, 0.1) is 14.2 Å². The highest BCUT2D eigenvalue weighted by Crippen LogP contribution is 2.25. The molecule has 16 heavy (non-hydrogen) atoms. The van der Waals surface area contributed by atoms with Crippen LogP contribution in [-0.2, 0) is 4.74 Å². The molecule has 86 valence electrons. The van der Waals surface area contributed by atoms with Gasteiger partial charge in [0, 0.05) is 6.07 Å². The van der Waals surface area contributed by atoms with E-state index >= 15 is 0 Å². The van der Waals surface area contributed by atoms with Gasteiger partial charge >= 0.3 is 5.97 Å². The van der Waals surface area contributed by atoms with Crippen molar-refractivity contribution in [2.45, 2.75) is 0 Å². The normalized spacial score (nSPS) is 9.38. The van der Waals surface area contributed by atoms with Gasteiger partial charge < -0.3 is 14.2 Å². The van der Waals surface area contributed by atoms with Gasteiger partial charge in [-0.3, -0.25) is 0 Å². The third-order valence-corrected chi connectivity index (χ3v) is 1.95. The van der Waals surface area contributed by atoms with Crippen LogP contribution in [0.25, 0.3) is 0 Å². The highest BCUT2D eigenvalue weighted by molar-refractivity contribution is 5.92. The zero-order chi connectivity index (χ0) is 12.0. The van der Waals surface area contributed by atoms with Crippen LogP contribution in [0.15, 0.2) is 30.9 Å². The number of carbonyl (C=O) groups excluding carboxylic acids is 1. The maximum absolute atomic E-state index is 11.4. The number of esters is 1. The molecule has 0 atom stereocenters. The van der Waals surface area contributed by atoms with Gasteiger partial charge in [-0.25, -0.2) is 4.79 Å². The molecule has 0 bridgehead atoms. The van der Waals surface area contributed by atoms with E-state index in [-0.39, 0.29) is 0 Å². The van der Waals surface area contributed by atoms with E-state index in [0.29, 0.717) is 23.7 Å². The third-order valence-electron chi connectivity index (χ3n) is 1.95. The number of ether oxygens (including phenoxy) is 3. The molecule has 1 aromatic carbocycles. The van der Waals surface area contributed by atoms with Gasteiger partial charge in [0.1, 0.15) is 23.7 Å². The van der Waals surface area contributed by atoms with Crippen LogP contribution in [0.4, 0.5) is 0 Å². The number of rotatable bonds is 5. The van der Waals surface area contributed by atoms with Gasteiger partial charge in [-0.1, -0.05) is 12.7 Å². The van der Waals surface area contributed by atoms with E-state index in [1.54, 1.807) is 31.4 Å². The van der Waals surface area contributed by atoms with Crippen molar-refractivity contribution in [1.82, 2.24) is 0 Å². The van der Waals surface area contributed by atoms with Crippen molar-refractivity contribution in [3.8, 4) is 11.5 Å². The summed E-state index contributed by atoms with van der Waals surface area (Å²) in [6, 6.07) is 4.91. The predicted octanol–water partition coefficient (Wildman–Crippen LogP) is 2.05. The maximum atomic E-state index is 11.4. The number of methoxy groups -OCH3 is 2. The van der Waals surface area contributed by atoms with Crippen LogP contribution in [0.5, 0.6) is 11.5 Å². The topological polar surface area (TPSA) is 44.8 Å². The molecule has 4 nitrogen and oxygen atoms in total. The molecular formula is C12H14O4. The Kier molecular flexibility index (Phi) is 4.39. The first kappa shape index (κ1) is 12.1. The summed E-state index contributed by atoms with van der Waals surface area (Å²) in [6.45, 7) is 3.86. The molecule has 0 amide bonds. The highest BCUT2D eigenvalue weighted by atomic mass is 16.5. The van der Waals surface area contributed by atoms with Crippen LogP contribution < -0.4 is 9.47 Å². The fraction of sp³-hybridized carbons (Fsp3) is 0.250. The van der Waals surface area contributed by atoms with E-state index < -0.39 is 5.97 Å². The van der Waals surface area contributed by atoms with E-state index in [0.717, 1.165) is 0 Å². The summed E-state index contributed by atoms with van der Waals surface area (Å²) in [5, 5.41) is 0. The van der Waals surface area contributed by atoms with E-state index in [9.17, 15) is 4.79 Å². The molecule has 1 rings (SSSR count). The van der Waals surface area contributed by atoms with Crippen molar-refractivity contribution < 1.29 is 19.0 Å². The van der Waals surface area contributed by atoms with Crippen LogP contribution in [0.1, 0.15) is 10.4 Å². The maximum Gasteiger partial charge on any atom is 0.341 e. The summed E-state index contributed by atoms with van der Waals surface area (Å²) in [5.74, 6) is 0.597.